The smallest absolute Gasteiger partial charge is 0.160 e. The van der Waals surface area contributed by atoms with Crippen molar-refractivity contribution in [3.05, 3.63) is 58.7 Å². The molecule has 1 aliphatic rings. The van der Waals surface area contributed by atoms with Crippen LogP contribution >= 0.6 is 0 Å². The number of benzene rings is 2. The maximum Gasteiger partial charge on any atom is 0.160 e. The van der Waals surface area contributed by atoms with Crippen LogP contribution in [0.3, 0.4) is 0 Å². The van der Waals surface area contributed by atoms with Gasteiger partial charge in [0.1, 0.15) is 0 Å². The average Bonchev–Trinajstić information content (AvgIpc) is 2.55. The molecule has 112 valence electrons. The summed E-state index contributed by atoms with van der Waals surface area (Å²) < 4.78 is 5.19. The molecule has 0 aliphatic carbocycles. The number of phenolic OH excluding ortho intramolecular Hbond substituents is 1. The Labute approximate surface area is 130 Å². The van der Waals surface area contributed by atoms with Crippen molar-refractivity contribution in [1.82, 2.24) is 4.90 Å². The molecule has 22 heavy (non-hydrogen) atoms. The van der Waals surface area contributed by atoms with Gasteiger partial charge in [-0.15, -0.1) is 0 Å². The van der Waals surface area contributed by atoms with Crippen molar-refractivity contribution in [3.8, 4) is 17.6 Å². The van der Waals surface area contributed by atoms with Crippen LogP contribution in [0.15, 0.2) is 36.4 Å². The molecule has 1 N–H and O–H groups in total. The number of hydrogen-bond acceptors (Lipinski definition) is 4. The van der Waals surface area contributed by atoms with Crippen LogP contribution in [0.5, 0.6) is 11.5 Å². The summed E-state index contributed by atoms with van der Waals surface area (Å²) >= 11 is 0. The van der Waals surface area contributed by atoms with Crippen molar-refractivity contribution in [2.24, 2.45) is 0 Å². The molecule has 2 aromatic carbocycles. The summed E-state index contributed by atoms with van der Waals surface area (Å²) in [6.07, 6.45) is 0.920. The molecule has 2 aromatic rings. The number of hydrogen-bond donors (Lipinski definition) is 1. The summed E-state index contributed by atoms with van der Waals surface area (Å²) in [7, 11) is 1.57. The summed E-state index contributed by atoms with van der Waals surface area (Å²) in [5.41, 5.74) is 4.28. The van der Waals surface area contributed by atoms with Crippen molar-refractivity contribution < 1.29 is 9.84 Å². The number of nitriles is 1. The zero-order valence-electron chi connectivity index (χ0n) is 12.5. The van der Waals surface area contributed by atoms with Gasteiger partial charge in [0, 0.05) is 19.6 Å². The van der Waals surface area contributed by atoms with Gasteiger partial charge in [0.05, 0.1) is 18.7 Å². The molecule has 0 amide bonds. The van der Waals surface area contributed by atoms with E-state index in [2.05, 4.69) is 11.0 Å². The third kappa shape index (κ3) is 2.90. The lowest BCUT2D eigenvalue weighted by Gasteiger charge is -2.29. The molecule has 0 atom stereocenters. The van der Waals surface area contributed by atoms with Crippen molar-refractivity contribution in [2.45, 2.75) is 19.5 Å². The number of nitrogens with zero attached hydrogens (tertiary/aromatic N) is 2. The number of ether oxygens (including phenoxy) is 1. The van der Waals surface area contributed by atoms with Crippen LogP contribution < -0.4 is 4.74 Å². The molecule has 3 rings (SSSR count). The van der Waals surface area contributed by atoms with Gasteiger partial charge in [-0.05, 0) is 47.4 Å². The normalized spacial score (nSPS) is 14.2. The number of methoxy groups -OCH3 is 1. The summed E-state index contributed by atoms with van der Waals surface area (Å²) in [6, 6.07) is 13.6. The summed E-state index contributed by atoms with van der Waals surface area (Å²) in [5, 5.41) is 18.7. The minimum absolute atomic E-state index is 0.210. The van der Waals surface area contributed by atoms with Crippen LogP contribution in [0, 0.1) is 11.3 Å². The Morgan fingerprint density at radius 3 is 2.68 bits per heavy atom. The minimum Gasteiger partial charge on any atom is -0.504 e. The van der Waals surface area contributed by atoms with Gasteiger partial charge in [-0.1, -0.05) is 12.1 Å². The van der Waals surface area contributed by atoms with Gasteiger partial charge in [0.25, 0.3) is 0 Å². The Kier molecular flexibility index (Phi) is 3.99. The molecule has 0 bridgehead atoms. The lowest BCUT2D eigenvalue weighted by molar-refractivity contribution is 0.244. The second kappa shape index (κ2) is 6.08. The number of fused-ring (bicyclic) bond motifs is 1. The Balaban J connectivity index is 1.74. The number of aromatic hydroxyl groups is 1. The topological polar surface area (TPSA) is 56.5 Å². The highest BCUT2D eigenvalue weighted by molar-refractivity contribution is 5.47. The van der Waals surface area contributed by atoms with Crippen LogP contribution in [0.4, 0.5) is 0 Å². The molecule has 0 radical (unpaired) electrons. The Morgan fingerprint density at radius 1 is 1.23 bits per heavy atom. The van der Waals surface area contributed by atoms with E-state index < -0.39 is 0 Å². The molecule has 0 aromatic heterocycles. The van der Waals surface area contributed by atoms with E-state index >= 15 is 0 Å². The highest BCUT2D eigenvalue weighted by Crippen LogP contribution is 2.32. The Bertz CT molecular complexity index is 717. The molecular formula is C18H18N2O2. The SMILES string of the molecule is COc1cc2c(cc1O)CCN(Cc1ccc(C#N)cc1)C2. The van der Waals surface area contributed by atoms with E-state index in [9.17, 15) is 5.11 Å². The van der Waals surface area contributed by atoms with Gasteiger partial charge in [-0.2, -0.15) is 5.26 Å². The maximum atomic E-state index is 9.85. The number of rotatable bonds is 3. The quantitative estimate of drug-likeness (QED) is 0.945. The monoisotopic (exact) mass is 294 g/mol. The van der Waals surface area contributed by atoms with E-state index in [0.717, 1.165) is 26.1 Å². The zero-order chi connectivity index (χ0) is 15.5. The van der Waals surface area contributed by atoms with E-state index in [1.165, 1.54) is 16.7 Å². The molecule has 0 saturated heterocycles. The second-order valence-corrected chi connectivity index (χ2v) is 5.56. The van der Waals surface area contributed by atoms with Crippen molar-refractivity contribution in [2.75, 3.05) is 13.7 Å². The predicted octanol–water partition coefficient (Wildman–Crippen LogP) is 2.83. The van der Waals surface area contributed by atoms with Gasteiger partial charge in [-0.3, -0.25) is 4.90 Å². The molecule has 0 unspecified atom stereocenters. The third-order valence-electron chi connectivity index (χ3n) is 4.08. The Hall–Kier alpha value is -2.51. The molecule has 0 fully saturated rings. The van der Waals surface area contributed by atoms with Gasteiger partial charge < -0.3 is 9.84 Å². The molecule has 1 heterocycles. The van der Waals surface area contributed by atoms with Crippen molar-refractivity contribution >= 4 is 0 Å². The van der Waals surface area contributed by atoms with Gasteiger partial charge >= 0.3 is 0 Å². The van der Waals surface area contributed by atoms with Crippen LogP contribution in [0.1, 0.15) is 22.3 Å². The minimum atomic E-state index is 0.210. The maximum absolute atomic E-state index is 9.85. The highest BCUT2D eigenvalue weighted by atomic mass is 16.5. The van der Waals surface area contributed by atoms with Crippen LogP contribution in [-0.2, 0) is 19.5 Å². The number of phenols is 1. The average molecular weight is 294 g/mol. The summed E-state index contributed by atoms with van der Waals surface area (Å²) in [5.74, 6) is 0.737. The lowest BCUT2D eigenvalue weighted by Crippen LogP contribution is -2.30. The standard InChI is InChI=1S/C18H18N2O2/c1-22-18-9-16-12-20(7-6-15(16)8-17(18)21)11-14-4-2-13(10-19)3-5-14/h2-5,8-9,21H,6-7,11-12H2,1H3. The van der Waals surface area contributed by atoms with E-state index in [4.69, 9.17) is 10.00 Å². The van der Waals surface area contributed by atoms with E-state index in [-0.39, 0.29) is 5.75 Å². The fourth-order valence-electron chi connectivity index (χ4n) is 2.87. The van der Waals surface area contributed by atoms with E-state index in [1.807, 2.05) is 36.4 Å². The largest absolute Gasteiger partial charge is 0.504 e. The van der Waals surface area contributed by atoms with Crippen LogP contribution in [0.2, 0.25) is 0 Å². The molecule has 1 aliphatic heterocycles. The first-order chi connectivity index (χ1) is 10.7. The predicted molar refractivity (Wildman–Crippen MR) is 83.6 cm³/mol. The molecule has 4 heteroatoms. The van der Waals surface area contributed by atoms with Crippen LogP contribution in [0.25, 0.3) is 0 Å². The first-order valence-electron chi connectivity index (χ1n) is 7.29. The van der Waals surface area contributed by atoms with Gasteiger partial charge in [0.15, 0.2) is 11.5 Å². The molecule has 0 spiro atoms. The van der Waals surface area contributed by atoms with E-state index in [1.54, 1.807) is 7.11 Å². The van der Waals surface area contributed by atoms with E-state index in [0.29, 0.717) is 11.3 Å². The first kappa shape index (κ1) is 14.4. The van der Waals surface area contributed by atoms with Crippen molar-refractivity contribution in [1.29, 1.82) is 5.26 Å². The zero-order valence-corrected chi connectivity index (χ0v) is 12.5. The second-order valence-electron chi connectivity index (χ2n) is 5.56. The molecule has 4 nitrogen and oxygen atoms in total. The summed E-state index contributed by atoms with van der Waals surface area (Å²) in [4.78, 5) is 2.36. The van der Waals surface area contributed by atoms with Gasteiger partial charge in [-0.25, -0.2) is 0 Å². The van der Waals surface area contributed by atoms with Crippen LogP contribution in [-0.4, -0.2) is 23.7 Å². The highest BCUT2D eigenvalue weighted by Gasteiger charge is 2.19. The van der Waals surface area contributed by atoms with Gasteiger partial charge in [0.2, 0.25) is 0 Å². The Morgan fingerprint density at radius 2 is 2.00 bits per heavy atom. The third-order valence-corrected chi connectivity index (χ3v) is 4.08. The molecule has 0 saturated carbocycles. The lowest BCUT2D eigenvalue weighted by atomic mass is 9.98. The fraction of sp³-hybridized carbons (Fsp3) is 0.278. The molecular weight excluding hydrogens is 276 g/mol. The first-order valence-corrected chi connectivity index (χ1v) is 7.29. The van der Waals surface area contributed by atoms with Crippen molar-refractivity contribution in [3.63, 3.8) is 0 Å². The summed E-state index contributed by atoms with van der Waals surface area (Å²) in [6.45, 7) is 2.65. The fourth-order valence-corrected chi connectivity index (χ4v) is 2.87.